The van der Waals surface area contributed by atoms with Gasteiger partial charge in [0, 0.05) is 24.1 Å². The summed E-state index contributed by atoms with van der Waals surface area (Å²) in [6.07, 6.45) is 0. The molecule has 0 aliphatic rings. The molecule has 0 radical (unpaired) electrons. The zero-order chi connectivity index (χ0) is 12.7. The summed E-state index contributed by atoms with van der Waals surface area (Å²) in [4.78, 5) is 11.5. The molecule has 1 aromatic rings. The maximum absolute atomic E-state index is 11.5. The molecule has 1 atom stereocenters. The Morgan fingerprint density at radius 1 is 1.35 bits per heavy atom. The fourth-order valence-corrected chi connectivity index (χ4v) is 1.35. The van der Waals surface area contributed by atoms with E-state index >= 15 is 0 Å². The van der Waals surface area contributed by atoms with Gasteiger partial charge in [-0.15, -0.1) is 0 Å². The number of amides is 1. The second-order valence-electron chi connectivity index (χ2n) is 4.18. The van der Waals surface area contributed by atoms with Gasteiger partial charge in [0.1, 0.15) is 0 Å². The third-order valence-corrected chi connectivity index (χ3v) is 2.47. The summed E-state index contributed by atoms with van der Waals surface area (Å²) in [6.45, 7) is 4.46. The second kappa shape index (κ2) is 6.72. The Hall–Kier alpha value is -1.79. The van der Waals surface area contributed by atoms with Crippen LogP contribution < -0.4 is 11.1 Å². The molecule has 0 heterocycles. The van der Waals surface area contributed by atoms with Crippen LogP contribution in [0.15, 0.2) is 30.3 Å². The van der Waals surface area contributed by atoms with E-state index < -0.39 is 0 Å². The molecular formula is C14H18N2O. The van der Waals surface area contributed by atoms with Gasteiger partial charge in [-0.3, -0.25) is 4.79 Å². The Bertz CT molecular complexity index is 415. The minimum atomic E-state index is -0.280. The highest BCUT2D eigenvalue weighted by atomic mass is 16.1. The quantitative estimate of drug-likeness (QED) is 0.765. The Labute approximate surface area is 102 Å². The predicted molar refractivity (Wildman–Crippen MR) is 69.1 cm³/mol. The number of rotatable bonds is 3. The molecule has 0 aromatic heterocycles. The lowest BCUT2D eigenvalue weighted by Crippen LogP contribution is -2.43. The van der Waals surface area contributed by atoms with E-state index in [1.165, 1.54) is 0 Å². The van der Waals surface area contributed by atoms with E-state index in [0.717, 1.165) is 5.56 Å². The lowest BCUT2D eigenvalue weighted by atomic mass is 10.1. The van der Waals surface area contributed by atoms with E-state index in [-0.39, 0.29) is 11.9 Å². The van der Waals surface area contributed by atoms with Crippen molar-refractivity contribution in [1.82, 2.24) is 5.32 Å². The largest absolute Gasteiger partial charge is 0.341 e. The van der Waals surface area contributed by atoms with Crippen LogP contribution in [0.2, 0.25) is 0 Å². The van der Waals surface area contributed by atoms with Gasteiger partial charge < -0.3 is 11.1 Å². The molecule has 3 nitrogen and oxygen atoms in total. The monoisotopic (exact) mass is 230 g/mol. The summed E-state index contributed by atoms with van der Waals surface area (Å²) in [6, 6.07) is 9.39. The molecule has 0 saturated carbocycles. The fourth-order valence-electron chi connectivity index (χ4n) is 1.35. The molecule has 0 spiro atoms. The number of hydrogen-bond donors (Lipinski definition) is 2. The Morgan fingerprint density at radius 3 is 2.53 bits per heavy atom. The summed E-state index contributed by atoms with van der Waals surface area (Å²) in [5.74, 6) is 5.40. The van der Waals surface area contributed by atoms with E-state index in [1.54, 1.807) is 0 Å². The van der Waals surface area contributed by atoms with Crippen molar-refractivity contribution in [3.63, 3.8) is 0 Å². The Kier molecular flexibility index (Phi) is 5.25. The van der Waals surface area contributed by atoms with Gasteiger partial charge >= 0.3 is 0 Å². The van der Waals surface area contributed by atoms with Gasteiger partial charge in [0.2, 0.25) is 0 Å². The summed E-state index contributed by atoms with van der Waals surface area (Å²) in [5.41, 5.74) is 6.40. The van der Waals surface area contributed by atoms with Crippen molar-refractivity contribution in [2.24, 2.45) is 11.7 Å². The molecule has 17 heavy (non-hydrogen) atoms. The van der Waals surface area contributed by atoms with Crippen LogP contribution in [0.1, 0.15) is 19.4 Å². The zero-order valence-electron chi connectivity index (χ0n) is 10.2. The van der Waals surface area contributed by atoms with E-state index in [1.807, 2.05) is 44.2 Å². The molecule has 90 valence electrons. The van der Waals surface area contributed by atoms with Gasteiger partial charge in [-0.2, -0.15) is 0 Å². The molecule has 1 amide bonds. The van der Waals surface area contributed by atoms with E-state index in [2.05, 4.69) is 17.2 Å². The molecule has 0 saturated heterocycles. The minimum absolute atomic E-state index is 0.0208. The number of carbonyl (C=O) groups excluding carboxylic acids is 1. The smallest absolute Gasteiger partial charge is 0.296 e. The molecule has 0 bridgehead atoms. The fraction of sp³-hybridized carbons (Fsp3) is 0.357. The highest BCUT2D eigenvalue weighted by molar-refractivity contribution is 5.94. The number of carbonyl (C=O) groups is 1. The number of nitrogens with two attached hydrogens (primary N) is 1. The zero-order valence-corrected chi connectivity index (χ0v) is 10.2. The molecule has 1 rings (SSSR count). The predicted octanol–water partition coefficient (Wildman–Crippen LogP) is 1.14. The maximum Gasteiger partial charge on any atom is 0.296 e. The topological polar surface area (TPSA) is 55.1 Å². The van der Waals surface area contributed by atoms with Crippen molar-refractivity contribution in [3.8, 4) is 11.8 Å². The lowest BCUT2D eigenvalue weighted by molar-refractivity contribution is -0.116. The molecule has 0 aliphatic heterocycles. The molecule has 0 fully saturated rings. The SMILES string of the molecule is CC(C)C(CN)NC(=O)C#Cc1ccccc1. The van der Waals surface area contributed by atoms with Crippen LogP contribution >= 0.6 is 0 Å². The van der Waals surface area contributed by atoms with Crippen LogP contribution in [0, 0.1) is 17.8 Å². The van der Waals surface area contributed by atoms with Crippen molar-refractivity contribution < 1.29 is 4.79 Å². The summed E-state index contributed by atoms with van der Waals surface area (Å²) in [7, 11) is 0. The number of benzene rings is 1. The molecule has 3 N–H and O–H groups in total. The Balaban J connectivity index is 2.59. The molecule has 1 aromatic carbocycles. The van der Waals surface area contributed by atoms with Crippen LogP contribution in [0.25, 0.3) is 0 Å². The van der Waals surface area contributed by atoms with Gasteiger partial charge in [-0.25, -0.2) is 0 Å². The maximum atomic E-state index is 11.5. The second-order valence-corrected chi connectivity index (χ2v) is 4.18. The van der Waals surface area contributed by atoms with Gasteiger partial charge in [0.25, 0.3) is 5.91 Å². The normalized spacial score (nSPS) is 11.5. The average Bonchev–Trinajstić information content (AvgIpc) is 2.34. The summed E-state index contributed by atoms with van der Waals surface area (Å²) in [5, 5.41) is 2.80. The minimum Gasteiger partial charge on any atom is -0.341 e. The van der Waals surface area contributed by atoms with Crippen LogP contribution in [0.4, 0.5) is 0 Å². The van der Waals surface area contributed by atoms with E-state index in [9.17, 15) is 4.79 Å². The Morgan fingerprint density at radius 2 is 2.00 bits per heavy atom. The standard InChI is InChI=1S/C14H18N2O/c1-11(2)13(10-15)16-14(17)9-8-12-6-4-3-5-7-12/h3-7,11,13H,10,15H2,1-2H3,(H,16,17). The van der Waals surface area contributed by atoms with Crippen molar-refractivity contribution >= 4 is 5.91 Å². The highest BCUT2D eigenvalue weighted by Crippen LogP contribution is 1.99. The van der Waals surface area contributed by atoms with Crippen molar-refractivity contribution in [1.29, 1.82) is 0 Å². The summed E-state index contributed by atoms with van der Waals surface area (Å²) >= 11 is 0. The van der Waals surface area contributed by atoms with Gasteiger partial charge in [-0.05, 0) is 18.1 Å². The first-order chi connectivity index (χ1) is 8.13. The van der Waals surface area contributed by atoms with Gasteiger partial charge in [-0.1, -0.05) is 38.0 Å². The van der Waals surface area contributed by atoms with Gasteiger partial charge in [0.05, 0.1) is 0 Å². The first-order valence-electron chi connectivity index (χ1n) is 5.71. The van der Waals surface area contributed by atoms with E-state index in [0.29, 0.717) is 12.5 Å². The average molecular weight is 230 g/mol. The van der Waals surface area contributed by atoms with Crippen molar-refractivity contribution in [2.75, 3.05) is 6.54 Å². The number of nitrogens with one attached hydrogen (secondary N) is 1. The highest BCUT2D eigenvalue weighted by Gasteiger charge is 2.12. The third-order valence-electron chi connectivity index (χ3n) is 2.47. The van der Waals surface area contributed by atoms with Crippen molar-refractivity contribution in [2.45, 2.75) is 19.9 Å². The molecule has 3 heteroatoms. The first-order valence-corrected chi connectivity index (χ1v) is 5.71. The van der Waals surface area contributed by atoms with Crippen molar-refractivity contribution in [3.05, 3.63) is 35.9 Å². The molecule has 0 aliphatic carbocycles. The number of hydrogen-bond acceptors (Lipinski definition) is 2. The van der Waals surface area contributed by atoms with Crippen LogP contribution in [0.5, 0.6) is 0 Å². The molecule has 1 unspecified atom stereocenters. The van der Waals surface area contributed by atoms with Crippen LogP contribution in [-0.4, -0.2) is 18.5 Å². The van der Waals surface area contributed by atoms with Crippen LogP contribution in [0.3, 0.4) is 0 Å². The van der Waals surface area contributed by atoms with E-state index in [4.69, 9.17) is 5.73 Å². The van der Waals surface area contributed by atoms with Crippen LogP contribution in [-0.2, 0) is 4.79 Å². The summed E-state index contributed by atoms with van der Waals surface area (Å²) < 4.78 is 0. The lowest BCUT2D eigenvalue weighted by Gasteiger charge is -2.18. The third kappa shape index (κ3) is 4.71. The molecular weight excluding hydrogens is 212 g/mol. The first kappa shape index (κ1) is 13.3. The van der Waals surface area contributed by atoms with Gasteiger partial charge in [0.15, 0.2) is 0 Å².